The molecule has 0 radical (unpaired) electrons. The molecule has 4 heteroatoms. The molecule has 2 atom stereocenters. The fourth-order valence-electron chi connectivity index (χ4n) is 1.92. The van der Waals surface area contributed by atoms with Gasteiger partial charge in [0.2, 0.25) is 0 Å². The molecule has 17 heavy (non-hydrogen) atoms. The lowest BCUT2D eigenvalue weighted by atomic mass is 10.1. The Kier molecular flexibility index (Phi) is 3.50. The molecule has 1 aromatic heterocycles. The van der Waals surface area contributed by atoms with Crippen molar-refractivity contribution in [3.63, 3.8) is 0 Å². The Bertz CT molecular complexity index is 505. The third-order valence-electron chi connectivity index (χ3n) is 2.91. The average Bonchev–Trinajstić information content (AvgIpc) is 2.77. The van der Waals surface area contributed by atoms with Gasteiger partial charge in [-0.2, -0.15) is 0 Å². The minimum absolute atomic E-state index is 0.0286. The van der Waals surface area contributed by atoms with Gasteiger partial charge in [-0.05, 0) is 31.5 Å². The first-order valence-corrected chi connectivity index (χ1v) is 6.00. The second-order valence-electron chi connectivity index (χ2n) is 4.25. The minimum Gasteiger partial charge on any atom is -0.326 e. The van der Waals surface area contributed by atoms with Gasteiger partial charge in [0.25, 0.3) is 0 Å². The zero-order valence-corrected chi connectivity index (χ0v) is 10.7. The molecule has 0 amide bonds. The monoisotopic (exact) mass is 249 g/mol. The Morgan fingerprint density at radius 1 is 1.35 bits per heavy atom. The van der Waals surface area contributed by atoms with Crippen LogP contribution in [-0.2, 0) is 0 Å². The molecule has 0 aliphatic rings. The molecule has 0 fully saturated rings. The van der Waals surface area contributed by atoms with Crippen LogP contribution in [0.4, 0.5) is 0 Å². The van der Waals surface area contributed by atoms with Crippen LogP contribution in [0.2, 0.25) is 5.02 Å². The highest BCUT2D eigenvalue weighted by Crippen LogP contribution is 2.24. The third-order valence-corrected chi connectivity index (χ3v) is 3.15. The molecule has 0 spiro atoms. The van der Waals surface area contributed by atoms with Crippen LogP contribution in [0.25, 0.3) is 0 Å². The fraction of sp³-hybridized carbons (Fsp3) is 0.308. The van der Waals surface area contributed by atoms with Gasteiger partial charge in [0, 0.05) is 17.3 Å². The summed E-state index contributed by atoms with van der Waals surface area (Å²) < 4.78 is 2.08. The first-order chi connectivity index (χ1) is 8.09. The van der Waals surface area contributed by atoms with Gasteiger partial charge in [-0.3, -0.25) is 0 Å². The molecular weight excluding hydrogens is 234 g/mol. The van der Waals surface area contributed by atoms with Gasteiger partial charge in [-0.25, -0.2) is 4.98 Å². The summed E-state index contributed by atoms with van der Waals surface area (Å²) in [4.78, 5) is 4.16. The smallest absolute Gasteiger partial charge is 0.0954 e. The number of nitrogens with two attached hydrogens (primary N) is 1. The summed E-state index contributed by atoms with van der Waals surface area (Å²) in [6.07, 6.45) is 3.62. The molecule has 2 N–H and O–H groups in total. The van der Waals surface area contributed by atoms with E-state index in [9.17, 15) is 0 Å². The van der Waals surface area contributed by atoms with Crippen LogP contribution in [0, 0.1) is 0 Å². The molecular formula is C13H16ClN3. The van der Waals surface area contributed by atoms with Crippen molar-refractivity contribution in [2.75, 3.05) is 0 Å². The van der Waals surface area contributed by atoms with E-state index in [0.29, 0.717) is 0 Å². The number of hydrogen-bond donors (Lipinski definition) is 1. The molecule has 3 nitrogen and oxygen atoms in total. The van der Waals surface area contributed by atoms with Crippen molar-refractivity contribution in [3.05, 3.63) is 53.1 Å². The summed E-state index contributed by atoms with van der Waals surface area (Å²) in [7, 11) is 0. The van der Waals surface area contributed by atoms with Gasteiger partial charge in [-0.15, -0.1) is 0 Å². The second-order valence-corrected chi connectivity index (χ2v) is 4.68. The van der Waals surface area contributed by atoms with Crippen molar-refractivity contribution in [2.45, 2.75) is 25.9 Å². The first-order valence-electron chi connectivity index (χ1n) is 5.62. The molecule has 1 aromatic carbocycles. The summed E-state index contributed by atoms with van der Waals surface area (Å²) in [6, 6.07) is 8.00. The first kappa shape index (κ1) is 12.1. The van der Waals surface area contributed by atoms with Crippen molar-refractivity contribution < 1.29 is 0 Å². The number of imidazole rings is 1. The van der Waals surface area contributed by atoms with E-state index in [-0.39, 0.29) is 12.1 Å². The van der Waals surface area contributed by atoms with Crippen molar-refractivity contribution in [1.82, 2.24) is 9.55 Å². The molecule has 0 saturated carbocycles. The van der Waals surface area contributed by atoms with Crippen molar-refractivity contribution in [1.29, 1.82) is 0 Å². The number of benzene rings is 1. The van der Waals surface area contributed by atoms with Crippen LogP contribution >= 0.6 is 11.6 Å². The molecule has 1 unspecified atom stereocenters. The van der Waals surface area contributed by atoms with Crippen molar-refractivity contribution in [3.8, 4) is 0 Å². The van der Waals surface area contributed by atoms with E-state index >= 15 is 0 Å². The number of nitrogens with zero attached hydrogens (tertiary/aromatic N) is 2. The van der Waals surface area contributed by atoms with Crippen molar-refractivity contribution in [2.24, 2.45) is 5.73 Å². The van der Waals surface area contributed by atoms with E-state index in [1.807, 2.05) is 37.6 Å². The quantitative estimate of drug-likeness (QED) is 0.908. The van der Waals surface area contributed by atoms with Crippen LogP contribution in [0.1, 0.15) is 37.2 Å². The molecule has 90 valence electrons. The van der Waals surface area contributed by atoms with Gasteiger partial charge < -0.3 is 10.3 Å². The van der Waals surface area contributed by atoms with E-state index in [4.69, 9.17) is 17.3 Å². The molecule has 1 heterocycles. The largest absolute Gasteiger partial charge is 0.326 e. The number of halogens is 1. The lowest BCUT2D eigenvalue weighted by molar-refractivity contribution is 0.582. The predicted octanol–water partition coefficient (Wildman–Crippen LogP) is 3.17. The lowest BCUT2D eigenvalue weighted by Crippen LogP contribution is -2.15. The maximum Gasteiger partial charge on any atom is 0.0954 e. The van der Waals surface area contributed by atoms with Gasteiger partial charge in [0.05, 0.1) is 18.1 Å². The van der Waals surface area contributed by atoms with E-state index < -0.39 is 0 Å². The average molecular weight is 250 g/mol. The van der Waals surface area contributed by atoms with Crippen LogP contribution < -0.4 is 5.73 Å². The zero-order chi connectivity index (χ0) is 12.4. The molecule has 0 aliphatic carbocycles. The summed E-state index contributed by atoms with van der Waals surface area (Å²) in [5.41, 5.74) is 8.09. The maximum atomic E-state index is 6.00. The van der Waals surface area contributed by atoms with Gasteiger partial charge in [0.15, 0.2) is 0 Å². The zero-order valence-electron chi connectivity index (χ0n) is 9.97. The van der Waals surface area contributed by atoms with Gasteiger partial charge in [-0.1, -0.05) is 23.7 Å². The van der Waals surface area contributed by atoms with E-state index in [0.717, 1.165) is 16.3 Å². The van der Waals surface area contributed by atoms with Crippen LogP contribution in [-0.4, -0.2) is 9.55 Å². The normalized spacial score (nSPS) is 14.6. The van der Waals surface area contributed by atoms with Crippen LogP contribution in [0.15, 0.2) is 36.8 Å². The summed E-state index contributed by atoms with van der Waals surface area (Å²) in [6.45, 7) is 4.07. The van der Waals surface area contributed by atoms with E-state index in [2.05, 4.69) is 22.5 Å². The summed E-state index contributed by atoms with van der Waals surface area (Å²) in [5, 5.41) is 0.747. The molecule has 2 aromatic rings. The lowest BCUT2D eigenvalue weighted by Gasteiger charge is -2.18. The van der Waals surface area contributed by atoms with E-state index in [1.165, 1.54) is 0 Å². The predicted molar refractivity (Wildman–Crippen MR) is 70.1 cm³/mol. The molecule has 0 aliphatic heterocycles. The Morgan fingerprint density at radius 2 is 2.12 bits per heavy atom. The van der Waals surface area contributed by atoms with Gasteiger partial charge >= 0.3 is 0 Å². The fourth-order valence-corrected chi connectivity index (χ4v) is 2.12. The molecule has 0 saturated heterocycles. The summed E-state index contributed by atoms with van der Waals surface area (Å²) >= 11 is 6.00. The SMILES string of the molecule is CC(c1cccc(Cl)c1)n1cncc1[C@H](C)N. The Labute approximate surface area is 106 Å². The van der Waals surface area contributed by atoms with E-state index in [1.54, 1.807) is 0 Å². The number of aromatic nitrogens is 2. The molecule has 0 bridgehead atoms. The third kappa shape index (κ3) is 2.51. The highest BCUT2D eigenvalue weighted by molar-refractivity contribution is 6.30. The van der Waals surface area contributed by atoms with Crippen LogP contribution in [0.5, 0.6) is 0 Å². The highest BCUT2D eigenvalue weighted by atomic mass is 35.5. The van der Waals surface area contributed by atoms with Crippen LogP contribution in [0.3, 0.4) is 0 Å². The molecule has 2 rings (SSSR count). The number of rotatable bonds is 3. The summed E-state index contributed by atoms with van der Waals surface area (Å²) in [5.74, 6) is 0. The van der Waals surface area contributed by atoms with Gasteiger partial charge in [0.1, 0.15) is 0 Å². The minimum atomic E-state index is -0.0286. The Morgan fingerprint density at radius 3 is 2.76 bits per heavy atom. The topological polar surface area (TPSA) is 43.8 Å². The Balaban J connectivity index is 2.37. The second kappa shape index (κ2) is 4.90. The highest BCUT2D eigenvalue weighted by Gasteiger charge is 2.13. The standard InChI is InChI=1S/C13H16ClN3/c1-9(15)13-7-16-8-17(13)10(2)11-4-3-5-12(14)6-11/h3-10H,15H2,1-2H3/t9-,10?/m0/s1. The number of hydrogen-bond acceptors (Lipinski definition) is 2. The maximum absolute atomic E-state index is 6.00. The van der Waals surface area contributed by atoms with Crippen molar-refractivity contribution >= 4 is 11.6 Å². The Hall–Kier alpha value is -1.32.